The molecule has 124 valence electrons. The number of nitrogens with two attached hydrogens (primary N) is 1. The number of hydrogen-bond acceptors (Lipinski definition) is 2. The lowest BCUT2D eigenvalue weighted by molar-refractivity contribution is -0.119. The Hall–Kier alpha value is -1.17. The normalized spacial score (nSPS) is 12.6. The van der Waals surface area contributed by atoms with Gasteiger partial charge in [-0.1, -0.05) is 56.1 Å². The van der Waals surface area contributed by atoms with Crippen molar-refractivity contribution in [2.45, 2.75) is 32.9 Å². The van der Waals surface area contributed by atoms with E-state index in [0.29, 0.717) is 0 Å². The summed E-state index contributed by atoms with van der Waals surface area (Å²) < 4.78 is 2.14. The summed E-state index contributed by atoms with van der Waals surface area (Å²) in [6, 6.07) is 16.2. The number of carbonyl (C=O) groups is 1. The smallest absolute Gasteiger partial charge is 0.217 e. The van der Waals surface area contributed by atoms with E-state index >= 15 is 0 Å². The standard InChI is InChI=1S/C10H12BrNO.C8H10BrN/c1-7(12-8(2)13)9-3-5-10(11)6-4-9;1-6(10)7-2-4-8(9)5-3-7/h3-7H,1-2H3,(H,12,13);2-6H,10H2,1H3. The van der Waals surface area contributed by atoms with Gasteiger partial charge in [0.15, 0.2) is 0 Å². The fourth-order valence-corrected chi connectivity index (χ4v) is 2.43. The van der Waals surface area contributed by atoms with Gasteiger partial charge in [-0.3, -0.25) is 4.79 Å². The summed E-state index contributed by atoms with van der Waals surface area (Å²) in [5.41, 5.74) is 7.93. The second-order valence-electron chi connectivity index (χ2n) is 5.31. The predicted molar refractivity (Wildman–Crippen MR) is 103 cm³/mol. The van der Waals surface area contributed by atoms with Crippen LogP contribution in [0.4, 0.5) is 0 Å². The Bertz CT molecular complexity index is 610. The minimum atomic E-state index is -0.00424. The number of carbonyl (C=O) groups excluding carboxylic acids is 1. The van der Waals surface area contributed by atoms with Crippen molar-refractivity contribution in [3.05, 3.63) is 68.6 Å². The van der Waals surface area contributed by atoms with Crippen LogP contribution in [-0.4, -0.2) is 5.91 Å². The van der Waals surface area contributed by atoms with E-state index in [-0.39, 0.29) is 18.0 Å². The van der Waals surface area contributed by atoms with Crippen LogP contribution in [0.25, 0.3) is 0 Å². The van der Waals surface area contributed by atoms with Crippen LogP contribution < -0.4 is 11.1 Å². The van der Waals surface area contributed by atoms with Gasteiger partial charge in [-0.05, 0) is 49.2 Å². The number of rotatable bonds is 3. The second-order valence-corrected chi connectivity index (χ2v) is 7.15. The van der Waals surface area contributed by atoms with Crippen molar-refractivity contribution in [2.75, 3.05) is 0 Å². The molecule has 0 heterocycles. The zero-order chi connectivity index (χ0) is 17.4. The third kappa shape index (κ3) is 7.77. The molecule has 2 aromatic carbocycles. The first-order valence-corrected chi connectivity index (χ1v) is 8.91. The molecule has 0 aliphatic carbocycles. The first-order valence-electron chi connectivity index (χ1n) is 7.33. The molecule has 3 N–H and O–H groups in total. The highest BCUT2D eigenvalue weighted by molar-refractivity contribution is 9.10. The Kier molecular flexibility index (Phi) is 8.52. The molecule has 2 aromatic rings. The summed E-state index contributed by atoms with van der Waals surface area (Å²) in [5.74, 6) is -0.00424. The molecule has 2 atom stereocenters. The lowest BCUT2D eigenvalue weighted by atomic mass is 10.1. The van der Waals surface area contributed by atoms with Crippen LogP contribution in [0.2, 0.25) is 0 Å². The van der Waals surface area contributed by atoms with Gasteiger partial charge in [0, 0.05) is 21.9 Å². The molecule has 0 saturated heterocycles. The fraction of sp³-hybridized carbons (Fsp3) is 0.278. The van der Waals surface area contributed by atoms with Crippen LogP contribution in [0.1, 0.15) is 44.0 Å². The van der Waals surface area contributed by atoms with Gasteiger partial charge in [-0.25, -0.2) is 0 Å². The number of benzene rings is 2. The Morgan fingerprint density at radius 3 is 1.65 bits per heavy atom. The SMILES string of the molecule is CC(=O)NC(C)c1ccc(Br)cc1.CC(N)c1ccc(Br)cc1. The van der Waals surface area contributed by atoms with E-state index in [9.17, 15) is 4.79 Å². The summed E-state index contributed by atoms with van der Waals surface area (Å²) in [6.07, 6.45) is 0. The van der Waals surface area contributed by atoms with Crippen LogP contribution in [0.5, 0.6) is 0 Å². The third-order valence-corrected chi connectivity index (χ3v) is 4.24. The Morgan fingerprint density at radius 2 is 1.30 bits per heavy atom. The molecule has 3 nitrogen and oxygen atoms in total. The van der Waals surface area contributed by atoms with E-state index < -0.39 is 0 Å². The summed E-state index contributed by atoms with van der Waals surface area (Å²) >= 11 is 6.71. The zero-order valence-electron chi connectivity index (χ0n) is 13.5. The highest BCUT2D eigenvalue weighted by Crippen LogP contribution is 2.16. The molecule has 2 unspecified atom stereocenters. The molecule has 0 aromatic heterocycles. The van der Waals surface area contributed by atoms with E-state index in [0.717, 1.165) is 14.5 Å². The molecule has 5 heteroatoms. The molecule has 0 aliphatic heterocycles. The average Bonchev–Trinajstić information content (AvgIpc) is 2.48. The highest BCUT2D eigenvalue weighted by Gasteiger charge is 2.05. The largest absolute Gasteiger partial charge is 0.350 e. The number of amides is 1. The van der Waals surface area contributed by atoms with Gasteiger partial charge in [0.05, 0.1) is 6.04 Å². The third-order valence-electron chi connectivity index (χ3n) is 3.19. The summed E-state index contributed by atoms with van der Waals surface area (Å²) in [7, 11) is 0. The maximum Gasteiger partial charge on any atom is 0.217 e. The van der Waals surface area contributed by atoms with Crippen LogP contribution in [0.15, 0.2) is 57.5 Å². The van der Waals surface area contributed by atoms with Gasteiger partial charge in [0.2, 0.25) is 5.91 Å². The van der Waals surface area contributed by atoms with Gasteiger partial charge < -0.3 is 11.1 Å². The number of halogens is 2. The van der Waals surface area contributed by atoms with Crippen LogP contribution in [0.3, 0.4) is 0 Å². The molecule has 0 fully saturated rings. The van der Waals surface area contributed by atoms with Crippen LogP contribution in [0, 0.1) is 0 Å². The van der Waals surface area contributed by atoms with Gasteiger partial charge in [-0.15, -0.1) is 0 Å². The average molecular weight is 442 g/mol. The molecule has 0 aliphatic rings. The van der Waals surface area contributed by atoms with Crippen molar-refractivity contribution >= 4 is 37.8 Å². The Morgan fingerprint density at radius 1 is 0.913 bits per heavy atom. The monoisotopic (exact) mass is 440 g/mol. The first-order chi connectivity index (χ1) is 10.8. The molecule has 0 spiro atoms. The van der Waals surface area contributed by atoms with Crippen molar-refractivity contribution in [2.24, 2.45) is 5.73 Å². The molecule has 0 saturated carbocycles. The minimum absolute atomic E-state index is 0.00424. The lowest BCUT2D eigenvalue weighted by Crippen LogP contribution is -2.23. The molecule has 1 amide bonds. The van der Waals surface area contributed by atoms with E-state index in [1.165, 1.54) is 12.5 Å². The van der Waals surface area contributed by atoms with Crippen molar-refractivity contribution in [3.63, 3.8) is 0 Å². The van der Waals surface area contributed by atoms with E-state index in [1.807, 2.05) is 62.4 Å². The Labute approximate surface area is 154 Å². The zero-order valence-corrected chi connectivity index (χ0v) is 16.7. The van der Waals surface area contributed by atoms with E-state index in [4.69, 9.17) is 5.73 Å². The molecule has 0 radical (unpaired) electrons. The van der Waals surface area contributed by atoms with Crippen molar-refractivity contribution < 1.29 is 4.79 Å². The molecule has 0 bridgehead atoms. The lowest BCUT2D eigenvalue weighted by Gasteiger charge is -2.12. The summed E-state index contributed by atoms with van der Waals surface area (Å²) in [4.78, 5) is 10.8. The molecular weight excluding hydrogens is 420 g/mol. The van der Waals surface area contributed by atoms with Crippen LogP contribution >= 0.6 is 31.9 Å². The fourth-order valence-electron chi connectivity index (χ4n) is 1.91. The molecule has 2 rings (SSSR count). The number of hydrogen-bond donors (Lipinski definition) is 2. The second kappa shape index (κ2) is 9.85. The quantitative estimate of drug-likeness (QED) is 0.694. The topological polar surface area (TPSA) is 55.1 Å². The predicted octanol–water partition coefficient (Wildman–Crippen LogP) is 5.12. The van der Waals surface area contributed by atoms with Crippen LogP contribution in [-0.2, 0) is 4.79 Å². The van der Waals surface area contributed by atoms with Gasteiger partial charge in [-0.2, -0.15) is 0 Å². The Balaban J connectivity index is 0.000000238. The van der Waals surface area contributed by atoms with E-state index in [1.54, 1.807) is 0 Å². The first kappa shape index (κ1) is 19.9. The van der Waals surface area contributed by atoms with Gasteiger partial charge >= 0.3 is 0 Å². The minimum Gasteiger partial charge on any atom is -0.350 e. The summed E-state index contributed by atoms with van der Waals surface area (Å²) in [6.45, 7) is 5.46. The summed E-state index contributed by atoms with van der Waals surface area (Å²) in [5, 5.41) is 2.82. The van der Waals surface area contributed by atoms with Gasteiger partial charge in [0.25, 0.3) is 0 Å². The maximum absolute atomic E-state index is 10.8. The molecular formula is C18H22Br2N2O. The maximum atomic E-state index is 10.8. The van der Waals surface area contributed by atoms with Crippen molar-refractivity contribution in [3.8, 4) is 0 Å². The highest BCUT2D eigenvalue weighted by atomic mass is 79.9. The van der Waals surface area contributed by atoms with Crippen molar-refractivity contribution in [1.82, 2.24) is 5.32 Å². The molecule has 23 heavy (non-hydrogen) atoms. The van der Waals surface area contributed by atoms with Crippen molar-refractivity contribution in [1.29, 1.82) is 0 Å². The van der Waals surface area contributed by atoms with E-state index in [2.05, 4.69) is 37.2 Å². The number of nitrogens with one attached hydrogen (secondary N) is 1. The van der Waals surface area contributed by atoms with Gasteiger partial charge in [0.1, 0.15) is 0 Å².